The summed E-state index contributed by atoms with van der Waals surface area (Å²) < 4.78 is 0. The van der Waals surface area contributed by atoms with E-state index in [0.29, 0.717) is 24.4 Å². The lowest BCUT2D eigenvalue weighted by Crippen LogP contribution is -2.22. The van der Waals surface area contributed by atoms with Gasteiger partial charge in [-0.25, -0.2) is 9.97 Å². The van der Waals surface area contributed by atoms with Crippen LogP contribution >= 0.6 is 0 Å². The third-order valence-corrected chi connectivity index (χ3v) is 3.16. The average molecular weight is 280 g/mol. The van der Waals surface area contributed by atoms with Gasteiger partial charge in [-0.3, -0.25) is 4.98 Å². The van der Waals surface area contributed by atoms with Gasteiger partial charge in [0.15, 0.2) is 5.65 Å². The molecule has 1 aromatic carbocycles. The molecular formula is C16H16N4O. The Morgan fingerprint density at radius 3 is 2.67 bits per heavy atom. The monoisotopic (exact) mass is 280 g/mol. The molecule has 2 N–H and O–H groups in total. The minimum atomic E-state index is -0.466. The Morgan fingerprint density at radius 1 is 1.00 bits per heavy atom. The van der Waals surface area contributed by atoms with Gasteiger partial charge in [-0.2, -0.15) is 0 Å². The first-order chi connectivity index (χ1) is 10.3. The summed E-state index contributed by atoms with van der Waals surface area (Å²) in [6.45, 7) is 0.438. The molecule has 0 saturated heterocycles. The first kappa shape index (κ1) is 13.5. The molecule has 0 radical (unpaired) electrons. The van der Waals surface area contributed by atoms with Crippen molar-refractivity contribution in [3.8, 4) is 0 Å². The zero-order valence-electron chi connectivity index (χ0n) is 11.5. The maximum absolute atomic E-state index is 10.1. The maximum atomic E-state index is 10.1. The van der Waals surface area contributed by atoms with Crippen molar-refractivity contribution in [2.45, 2.75) is 12.5 Å². The van der Waals surface area contributed by atoms with Crippen molar-refractivity contribution in [2.75, 3.05) is 11.9 Å². The SMILES string of the molecule is OC(CNc1ccc2nccnc2n1)Cc1ccccc1. The lowest BCUT2D eigenvalue weighted by Gasteiger charge is -2.12. The molecule has 3 aromatic rings. The molecule has 0 aliphatic carbocycles. The third kappa shape index (κ3) is 3.52. The fourth-order valence-electron chi connectivity index (χ4n) is 2.13. The van der Waals surface area contributed by atoms with Crippen molar-refractivity contribution in [3.63, 3.8) is 0 Å². The van der Waals surface area contributed by atoms with Crippen LogP contribution in [0.1, 0.15) is 5.56 Å². The quantitative estimate of drug-likeness (QED) is 0.748. The van der Waals surface area contributed by atoms with Gasteiger partial charge in [0.1, 0.15) is 11.3 Å². The first-order valence-electron chi connectivity index (χ1n) is 6.85. The molecule has 1 atom stereocenters. The highest BCUT2D eigenvalue weighted by atomic mass is 16.3. The topological polar surface area (TPSA) is 70.9 Å². The fraction of sp³-hybridized carbons (Fsp3) is 0.188. The number of rotatable bonds is 5. The second-order valence-electron chi connectivity index (χ2n) is 4.82. The van der Waals surface area contributed by atoms with E-state index < -0.39 is 6.10 Å². The molecule has 0 amide bonds. The van der Waals surface area contributed by atoms with Crippen molar-refractivity contribution >= 4 is 17.0 Å². The Labute approximate surface area is 122 Å². The number of aliphatic hydroxyl groups is 1. The van der Waals surface area contributed by atoms with E-state index in [-0.39, 0.29) is 0 Å². The van der Waals surface area contributed by atoms with Crippen LogP contribution in [0.2, 0.25) is 0 Å². The average Bonchev–Trinajstić information content (AvgIpc) is 2.54. The summed E-state index contributed by atoms with van der Waals surface area (Å²) in [6.07, 6.45) is 3.40. The Hall–Kier alpha value is -2.53. The molecule has 5 heteroatoms. The van der Waals surface area contributed by atoms with Gasteiger partial charge in [0.2, 0.25) is 0 Å². The number of hydrogen-bond acceptors (Lipinski definition) is 5. The number of benzene rings is 1. The van der Waals surface area contributed by atoms with Crippen LogP contribution < -0.4 is 5.32 Å². The van der Waals surface area contributed by atoms with E-state index in [4.69, 9.17) is 0 Å². The second-order valence-corrected chi connectivity index (χ2v) is 4.82. The first-order valence-corrected chi connectivity index (χ1v) is 6.85. The maximum Gasteiger partial charge on any atom is 0.180 e. The number of hydrogen-bond donors (Lipinski definition) is 2. The predicted octanol–water partition coefficient (Wildman–Crippen LogP) is 2.04. The van der Waals surface area contributed by atoms with Crippen LogP contribution in [-0.2, 0) is 6.42 Å². The third-order valence-electron chi connectivity index (χ3n) is 3.16. The molecule has 5 nitrogen and oxygen atoms in total. The zero-order chi connectivity index (χ0) is 14.5. The molecule has 3 rings (SSSR count). The molecule has 0 bridgehead atoms. The molecule has 0 fully saturated rings. The van der Waals surface area contributed by atoms with Crippen molar-refractivity contribution < 1.29 is 5.11 Å². The molecule has 2 aromatic heterocycles. The van der Waals surface area contributed by atoms with E-state index in [1.54, 1.807) is 12.4 Å². The largest absolute Gasteiger partial charge is 0.391 e. The zero-order valence-corrected chi connectivity index (χ0v) is 11.5. The van der Waals surface area contributed by atoms with Gasteiger partial charge in [-0.05, 0) is 17.7 Å². The summed E-state index contributed by atoms with van der Waals surface area (Å²) >= 11 is 0. The van der Waals surface area contributed by atoms with Crippen molar-refractivity contribution in [1.82, 2.24) is 15.0 Å². The van der Waals surface area contributed by atoms with E-state index in [9.17, 15) is 5.11 Å². The van der Waals surface area contributed by atoms with Crippen LogP contribution in [0.3, 0.4) is 0 Å². The lowest BCUT2D eigenvalue weighted by molar-refractivity contribution is 0.188. The number of anilines is 1. The smallest absolute Gasteiger partial charge is 0.180 e. The van der Waals surface area contributed by atoms with Crippen LogP contribution in [0.5, 0.6) is 0 Å². The Morgan fingerprint density at radius 2 is 1.81 bits per heavy atom. The predicted molar refractivity (Wildman–Crippen MR) is 82.0 cm³/mol. The lowest BCUT2D eigenvalue weighted by atomic mass is 10.1. The van der Waals surface area contributed by atoms with E-state index in [1.165, 1.54) is 0 Å². The van der Waals surface area contributed by atoms with Gasteiger partial charge < -0.3 is 10.4 Å². The van der Waals surface area contributed by atoms with Crippen LogP contribution in [0.4, 0.5) is 5.82 Å². The highest BCUT2D eigenvalue weighted by molar-refractivity contribution is 5.71. The normalized spacial score (nSPS) is 12.2. The van der Waals surface area contributed by atoms with Crippen LogP contribution in [0.25, 0.3) is 11.2 Å². The molecular weight excluding hydrogens is 264 g/mol. The van der Waals surface area contributed by atoms with Gasteiger partial charge in [0.05, 0.1) is 6.10 Å². The van der Waals surface area contributed by atoms with Gasteiger partial charge in [-0.1, -0.05) is 30.3 Å². The summed E-state index contributed by atoms with van der Waals surface area (Å²) in [5.41, 5.74) is 2.47. The Kier molecular flexibility index (Phi) is 4.02. The summed E-state index contributed by atoms with van der Waals surface area (Å²) in [4.78, 5) is 12.7. The van der Waals surface area contributed by atoms with E-state index in [0.717, 1.165) is 11.1 Å². The molecule has 1 unspecified atom stereocenters. The number of nitrogens with zero attached hydrogens (tertiary/aromatic N) is 3. The standard InChI is InChI=1S/C16H16N4O/c21-13(10-12-4-2-1-3-5-12)11-19-15-7-6-14-16(20-15)18-9-8-17-14/h1-9,13,21H,10-11H2,(H,18,19,20). The Bertz CT molecular complexity index is 718. The molecule has 0 spiro atoms. The molecule has 106 valence electrons. The minimum absolute atomic E-state index is 0.438. The van der Waals surface area contributed by atoms with Crippen molar-refractivity contribution in [1.29, 1.82) is 0 Å². The van der Waals surface area contributed by atoms with Crippen LogP contribution in [0, 0.1) is 0 Å². The van der Waals surface area contributed by atoms with Crippen LogP contribution in [0.15, 0.2) is 54.9 Å². The summed E-state index contributed by atoms with van der Waals surface area (Å²) in [7, 11) is 0. The molecule has 0 aliphatic heterocycles. The number of aromatic nitrogens is 3. The minimum Gasteiger partial charge on any atom is -0.391 e. The fourth-order valence-corrected chi connectivity index (χ4v) is 2.13. The highest BCUT2D eigenvalue weighted by Gasteiger charge is 2.06. The second kappa shape index (κ2) is 6.28. The summed E-state index contributed by atoms with van der Waals surface area (Å²) in [5.74, 6) is 0.690. The number of aliphatic hydroxyl groups excluding tert-OH is 1. The number of fused-ring (bicyclic) bond motifs is 1. The van der Waals surface area contributed by atoms with E-state index in [1.807, 2.05) is 42.5 Å². The van der Waals surface area contributed by atoms with Gasteiger partial charge in [0, 0.05) is 25.4 Å². The highest BCUT2D eigenvalue weighted by Crippen LogP contribution is 2.10. The summed E-state index contributed by atoms with van der Waals surface area (Å²) in [5, 5.41) is 13.2. The summed E-state index contributed by atoms with van der Waals surface area (Å²) in [6, 6.07) is 13.6. The van der Waals surface area contributed by atoms with E-state index in [2.05, 4.69) is 20.3 Å². The van der Waals surface area contributed by atoms with Gasteiger partial charge >= 0.3 is 0 Å². The van der Waals surface area contributed by atoms with Crippen molar-refractivity contribution in [3.05, 3.63) is 60.4 Å². The molecule has 2 heterocycles. The van der Waals surface area contributed by atoms with E-state index >= 15 is 0 Å². The Balaban J connectivity index is 1.60. The molecule has 0 saturated carbocycles. The van der Waals surface area contributed by atoms with Crippen LogP contribution in [-0.4, -0.2) is 32.7 Å². The van der Waals surface area contributed by atoms with Gasteiger partial charge in [-0.15, -0.1) is 0 Å². The number of pyridine rings is 1. The number of nitrogens with one attached hydrogen (secondary N) is 1. The van der Waals surface area contributed by atoms with Gasteiger partial charge in [0.25, 0.3) is 0 Å². The molecule has 21 heavy (non-hydrogen) atoms. The van der Waals surface area contributed by atoms with Crippen molar-refractivity contribution in [2.24, 2.45) is 0 Å². The molecule has 0 aliphatic rings.